The topological polar surface area (TPSA) is 51.8 Å². The van der Waals surface area contributed by atoms with Crippen LogP contribution in [-0.2, 0) is 0 Å². The van der Waals surface area contributed by atoms with Crippen LogP contribution in [0.15, 0.2) is 12.3 Å². The fourth-order valence-corrected chi connectivity index (χ4v) is 1.09. The zero-order valence-electron chi connectivity index (χ0n) is 7.50. The largest absolute Gasteiger partial charge is 0.330 e. The normalized spacial score (nSPS) is 11.0. The molecule has 0 saturated carbocycles. The van der Waals surface area contributed by atoms with Crippen LogP contribution in [0.2, 0.25) is 5.28 Å². The van der Waals surface area contributed by atoms with E-state index in [0.717, 1.165) is 17.7 Å². The molecule has 0 aliphatic heterocycles. The van der Waals surface area contributed by atoms with Crippen molar-refractivity contribution in [2.75, 3.05) is 6.54 Å². The second-order valence-electron chi connectivity index (χ2n) is 2.66. The van der Waals surface area contributed by atoms with E-state index >= 15 is 0 Å². The van der Waals surface area contributed by atoms with Crippen LogP contribution < -0.4 is 5.73 Å². The van der Waals surface area contributed by atoms with E-state index in [1.165, 1.54) is 0 Å². The lowest BCUT2D eigenvalue weighted by Crippen LogP contribution is -1.95. The van der Waals surface area contributed by atoms with Crippen LogP contribution in [0, 0.1) is 6.92 Å². The van der Waals surface area contributed by atoms with Gasteiger partial charge in [0.1, 0.15) is 0 Å². The molecule has 2 N–H and O–H groups in total. The van der Waals surface area contributed by atoms with Crippen molar-refractivity contribution in [2.24, 2.45) is 5.73 Å². The molecule has 1 aromatic heterocycles. The number of rotatable bonds is 3. The van der Waals surface area contributed by atoms with Crippen molar-refractivity contribution in [3.63, 3.8) is 0 Å². The fourth-order valence-electron chi connectivity index (χ4n) is 0.918. The highest BCUT2D eigenvalue weighted by molar-refractivity contribution is 6.28. The Bertz CT molecular complexity index is 310. The molecule has 0 unspecified atom stereocenters. The fraction of sp³-hybridized carbons (Fsp3) is 0.333. The number of aromatic nitrogens is 2. The van der Waals surface area contributed by atoms with Crippen LogP contribution in [-0.4, -0.2) is 16.5 Å². The first-order chi connectivity index (χ1) is 6.24. The molecule has 0 saturated heterocycles. The lowest BCUT2D eigenvalue weighted by atomic mass is 10.2. The Labute approximate surface area is 82.6 Å². The highest BCUT2D eigenvalue weighted by Crippen LogP contribution is 2.08. The third-order valence-electron chi connectivity index (χ3n) is 1.62. The summed E-state index contributed by atoms with van der Waals surface area (Å²) in [5, 5.41) is 0.286. The summed E-state index contributed by atoms with van der Waals surface area (Å²) < 4.78 is 0. The average molecular weight is 198 g/mol. The molecule has 13 heavy (non-hydrogen) atoms. The molecular weight excluding hydrogens is 186 g/mol. The van der Waals surface area contributed by atoms with Gasteiger partial charge in [0, 0.05) is 17.5 Å². The number of nitrogens with zero attached hydrogens (tertiary/aromatic N) is 2. The standard InChI is InChI=1S/C9H12ClN3/c1-7-8(4-2-3-5-11)6-12-9(10)13-7/h2,4,6H,3,5,11H2,1H3. The second-order valence-corrected chi connectivity index (χ2v) is 3.00. The predicted octanol–water partition coefficient (Wildman–Crippen LogP) is 1.80. The van der Waals surface area contributed by atoms with Gasteiger partial charge in [-0.2, -0.15) is 0 Å². The van der Waals surface area contributed by atoms with Gasteiger partial charge in [-0.05, 0) is 31.5 Å². The molecule has 0 aliphatic rings. The number of aryl methyl sites for hydroxylation is 1. The van der Waals surface area contributed by atoms with Crippen LogP contribution in [0.5, 0.6) is 0 Å². The van der Waals surface area contributed by atoms with Crippen molar-refractivity contribution >= 4 is 17.7 Å². The molecule has 3 nitrogen and oxygen atoms in total. The van der Waals surface area contributed by atoms with Crippen molar-refractivity contribution in [1.82, 2.24) is 9.97 Å². The van der Waals surface area contributed by atoms with Crippen molar-refractivity contribution in [3.05, 3.63) is 28.8 Å². The van der Waals surface area contributed by atoms with Crippen LogP contribution in [0.4, 0.5) is 0 Å². The summed E-state index contributed by atoms with van der Waals surface area (Å²) in [7, 11) is 0. The summed E-state index contributed by atoms with van der Waals surface area (Å²) in [4.78, 5) is 7.91. The monoisotopic (exact) mass is 197 g/mol. The quantitative estimate of drug-likeness (QED) is 0.752. The Morgan fingerprint density at radius 1 is 1.62 bits per heavy atom. The molecule has 0 atom stereocenters. The number of hydrogen-bond acceptors (Lipinski definition) is 3. The molecule has 1 aromatic rings. The van der Waals surface area contributed by atoms with E-state index in [9.17, 15) is 0 Å². The van der Waals surface area contributed by atoms with E-state index < -0.39 is 0 Å². The third kappa shape index (κ3) is 3.13. The van der Waals surface area contributed by atoms with E-state index in [2.05, 4.69) is 9.97 Å². The summed E-state index contributed by atoms with van der Waals surface area (Å²) in [6, 6.07) is 0. The number of halogens is 1. The van der Waals surface area contributed by atoms with Gasteiger partial charge in [-0.1, -0.05) is 12.2 Å². The Balaban J connectivity index is 2.77. The highest BCUT2D eigenvalue weighted by Gasteiger charge is 1.96. The van der Waals surface area contributed by atoms with Gasteiger partial charge in [0.2, 0.25) is 5.28 Å². The molecule has 0 bridgehead atoms. The minimum Gasteiger partial charge on any atom is -0.330 e. The molecule has 0 amide bonds. The van der Waals surface area contributed by atoms with Crippen molar-refractivity contribution in [2.45, 2.75) is 13.3 Å². The van der Waals surface area contributed by atoms with E-state index in [0.29, 0.717) is 6.54 Å². The van der Waals surface area contributed by atoms with Crippen LogP contribution in [0.25, 0.3) is 6.08 Å². The summed E-state index contributed by atoms with van der Waals surface area (Å²) in [6.45, 7) is 2.56. The van der Waals surface area contributed by atoms with Gasteiger partial charge in [0.05, 0.1) is 0 Å². The third-order valence-corrected chi connectivity index (χ3v) is 1.80. The zero-order chi connectivity index (χ0) is 9.68. The molecule has 0 aliphatic carbocycles. The van der Waals surface area contributed by atoms with Gasteiger partial charge < -0.3 is 5.73 Å². The highest BCUT2D eigenvalue weighted by atomic mass is 35.5. The summed E-state index contributed by atoms with van der Waals surface area (Å²) >= 11 is 5.61. The minimum atomic E-state index is 0.286. The molecule has 70 valence electrons. The van der Waals surface area contributed by atoms with Crippen molar-refractivity contribution < 1.29 is 0 Å². The van der Waals surface area contributed by atoms with E-state index in [1.807, 2.05) is 19.1 Å². The number of nitrogens with two attached hydrogens (primary N) is 1. The van der Waals surface area contributed by atoms with Crippen molar-refractivity contribution in [3.8, 4) is 0 Å². The SMILES string of the molecule is Cc1nc(Cl)ncc1C=CCCN. The summed E-state index contributed by atoms with van der Waals surface area (Å²) in [5.74, 6) is 0. The molecule has 0 fully saturated rings. The van der Waals surface area contributed by atoms with Gasteiger partial charge in [-0.15, -0.1) is 0 Å². The first-order valence-corrected chi connectivity index (χ1v) is 4.47. The predicted molar refractivity (Wildman–Crippen MR) is 54.5 cm³/mol. The summed E-state index contributed by atoms with van der Waals surface area (Å²) in [5.41, 5.74) is 7.22. The smallest absolute Gasteiger partial charge is 0.222 e. The molecule has 0 radical (unpaired) electrons. The lowest BCUT2D eigenvalue weighted by Gasteiger charge is -1.97. The molecule has 0 aromatic carbocycles. The molecule has 1 rings (SSSR count). The number of hydrogen-bond donors (Lipinski definition) is 1. The minimum absolute atomic E-state index is 0.286. The van der Waals surface area contributed by atoms with Gasteiger partial charge in [0.25, 0.3) is 0 Å². The lowest BCUT2D eigenvalue weighted by molar-refractivity contribution is 1.01. The van der Waals surface area contributed by atoms with Crippen LogP contribution in [0.3, 0.4) is 0 Å². The van der Waals surface area contributed by atoms with Gasteiger partial charge >= 0.3 is 0 Å². The Morgan fingerprint density at radius 3 is 3.00 bits per heavy atom. The summed E-state index contributed by atoms with van der Waals surface area (Å²) in [6.07, 6.45) is 6.53. The van der Waals surface area contributed by atoms with Crippen LogP contribution in [0.1, 0.15) is 17.7 Å². The van der Waals surface area contributed by atoms with Gasteiger partial charge in [0.15, 0.2) is 0 Å². The molecule has 1 heterocycles. The molecule has 0 spiro atoms. The van der Waals surface area contributed by atoms with Crippen LogP contribution >= 0.6 is 11.6 Å². The van der Waals surface area contributed by atoms with Gasteiger partial charge in [-0.25, -0.2) is 9.97 Å². The first-order valence-electron chi connectivity index (χ1n) is 4.10. The van der Waals surface area contributed by atoms with E-state index in [-0.39, 0.29) is 5.28 Å². The zero-order valence-corrected chi connectivity index (χ0v) is 8.25. The van der Waals surface area contributed by atoms with Gasteiger partial charge in [-0.3, -0.25) is 0 Å². The maximum atomic E-state index is 5.61. The van der Waals surface area contributed by atoms with E-state index in [4.69, 9.17) is 17.3 Å². The molecule has 4 heteroatoms. The first kappa shape index (κ1) is 10.2. The average Bonchev–Trinajstić information content (AvgIpc) is 2.09. The van der Waals surface area contributed by atoms with Crippen molar-refractivity contribution in [1.29, 1.82) is 0 Å². The Hall–Kier alpha value is -0.930. The Kier molecular flexibility index (Phi) is 3.86. The maximum absolute atomic E-state index is 5.61. The van der Waals surface area contributed by atoms with E-state index in [1.54, 1.807) is 6.20 Å². The Morgan fingerprint density at radius 2 is 2.38 bits per heavy atom. The maximum Gasteiger partial charge on any atom is 0.222 e. The second kappa shape index (κ2) is 4.94. The molecular formula is C9H12ClN3.